The van der Waals surface area contributed by atoms with Gasteiger partial charge < -0.3 is 19.5 Å². The fourth-order valence-corrected chi connectivity index (χ4v) is 4.82. The molecule has 4 nitrogen and oxygen atoms in total. The van der Waals surface area contributed by atoms with Crippen LogP contribution >= 0.6 is 0 Å². The lowest BCUT2D eigenvalue weighted by atomic mass is 9.56. The number of rotatable bonds is 4. The van der Waals surface area contributed by atoms with Gasteiger partial charge in [0.05, 0.1) is 19.6 Å². The molecular formula is C19H23NO3. The average molecular weight is 313 g/mol. The molecule has 0 radical (unpaired) electrons. The number of likely N-dealkylation sites (N-methyl/N-ethyl adjacent to an activating group) is 1. The Kier molecular flexibility index (Phi) is 3.20. The maximum atomic E-state index is 6.40. The van der Waals surface area contributed by atoms with Gasteiger partial charge in [-0.1, -0.05) is 12.1 Å². The molecule has 4 rings (SSSR count). The van der Waals surface area contributed by atoms with E-state index in [1.165, 1.54) is 11.1 Å². The summed E-state index contributed by atoms with van der Waals surface area (Å²) < 4.78 is 17.6. The highest BCUT2D eigenvalue weighted by molar-refractivity contribution is 5.63. The van der Waals surface area contributed by atoms with Crippen molar-refractivity contribution in [2.75, 3.05) is 21.3 Å². The van der Waals surface area contributed by atoms with Crippen LogP contribution in [0.3, 0.4) is 0 Å². The fourth-order valence-electron chi connectivity index (χ4n) is 4.82. The molecule has 23 heavy (non-hydrogen) atoms. The first-order valence-electron chi connectivity index (χ1n) is 8.13. The number of nitrogens with one attached hydrogen (secondary N) is 1. The van der Waals surface area contributed by atoms with Gasteiger partial charge in [0.25, 0.3) is 0 Å². The molecule has 1 aromatic rings. The summed E-state index contributed by atoms with van der Waals surface area (Å²) in [6, 6.07) is 4.56. The predicted octanol–water partition coefficient (Wildman–Crippen LogP) is 2.57. The van der Waals surface area contributed by atoms with Crippen LogP contribution in [0.15, 0.2) is 36.6 Å². The lowest BCUT2D eigenvalue weighted by Gasteiger charge is -2.48. The Labute approximate surface area is 137 Å². The van der Waals surface area contributed by atoms with Gasteiger partial charge in [-0.15, -0.1) is 6.58 Å². The van der Waals surface area contributed by atoms with Gasteiger partial charge in [0.2, 0.25) is 0 Å². The van der Waals surface area contributed by atoms with E-state index in [0.29, 0.717) is 12.0 Å². The van der Waals surface area contributed by atoms with Gasteiger partial charge in [-0.05, 0) is 43.5 Å². The number of ether oxygens (including phenoxy) is 3. The van der Waals surface area contributed by atoms with Gasteiger partial charge in [0.1, 0.15) is 5.76 Å². The molecule has 4 atom stereocenters. The van der Waals surface area contributed by atoms with Gasteiger partial charge in [-0.3, -0.25) is 0 Å². The summed E-state index contributed by atoms with van der Waals surface area (Å²) in [6.45, 7) is 4.20. The summed E-state index contributed by atoms with van der Waals surface area (Å²) in [5.41, 5.74) is 2.30. The molecule has 2 aliphatic carbocycles. The van der Waals surface area contributed by atoms with E-state index in [0.717, 1.165) is 30.1 Å². The number of benzene rings is 1. The third kappa shape index (κ3) is 1.65. The largest absolute Gasteiger partial charge is 0.497 e. The molecule has 1 aromatic carbocycles. The number of hydrogen-bond donors (Lipinski definition) is 1. The molecule has 0 spiro atoms. The van der Waals surface area contributed by atoms with E-state index in [1.54, 1.807) is 14.2 Å². The van der Waals surface area contributed by atoms with E-state index in [4.69, 9.17) is 14.2 Å². The van der Waals surface area contributed by atoms with Crippen molar-refractivity contribution in [3.05, 3.63) is 47.7 Å². The Morgan fingerprint density at radius 3 is 2.83 bits per heavy atom. The van der Waals surface area contributed by atoms with E-state index in [1.807, 2.05) is 13.1 Å². The summed E-state index contributed by atoms with van der Waals surface area (Å²) in [6.07, 6.45) is 6.04. The van der Waals surface area contributed by atoms with Gasteiger partial charge in [0, 0.05) is 11.6 Å². The van der Waals surface area contributed by atoms with Crippen molar-refractivity contribution in [1.82, 2.24) is 5.32 Å². The highest BCUT2D eigenvalue weighted by Gasteiger charge is 2.61. The second-order valence-corrected chi connectivity index (χ2v) is 6.52. The Morgan fingerprint density at radius 1 is 1.35 bits per heavy atom. The Balaban J connectivity index is 2.02. The Hall–Kier alpha value is -1.94. The number of hydrogen-bond acceptors (Lipinski definition) is 4. The zero-order valence-electron chi connectivity index (χ0n) is 13.9. The smallest absolute Gasteiger partial charge is 0.169 e. The van der Waals surface area contributed by atoms with Gasteiger partial charge in [0.15, 0.2) is 17.6 Å². The SMILES string of the molecule is C=C[C@]12c3c4ccc(OC)c3O[C@H]1C(OC)=CC[C@@H]2[C@@H](NC)C4. The van der Waals surface area contributed by atoms with Crippen LogP contribution < -0.4 is 14.8 Å². The van der Waals surface area contributed by atoms with Crippen molar-refractivity contribution < 1.29 is 14.2 Å². The van der Waals surface area contributed by atoms with E-state index in [9.17, 15) is 0 Å². The zero-order chi connectivity index (χ0) is 16.2. The molecule has 0 saturated heterocycles. The van der Waals surface area contributed by atoms with Crippen LogP contribution in [-0.2, 0) is 16.6 Å². The fraction of sp³-hybridized carbons (Fsp3) is 0.474. The first kappa shape index (κ1) is 14.6. The number of allylic oxidation sites excluding steroid dienone is 1. The lowest BCUT2D eigenvalue weighted by molar-refractivity contribution is 0.0677. The normalized spacial score (nSPS) is 33.3. The molecule has 0 bridgehead atoms. The number of methoxy groups -OCH3 is 2. The maximum Gasteiger partial charge on any atom is 0.169 e. The van der Waals surface area contributed by atoms with Crippen LogP contribution in [0.4, 0.5) is 0 Å². The lowest BCUT2D eigenvalue weighted by Crippen LogP contribution is -2.57. The molecule has 0 saturated carbocycles. The van der Waals surface area contributed by atoms with E-state index in [2.05, 4.69) is 30.1 Å². The third-order valence-electron chi connectivity index (χ3n) is 5.85. The zero-order valence-corrected chi connectivity index (χ0v) is 13.9. The van der Waals surface area contributed by atoms with Crippen LogP contribution in [0, 0.1) is 5.92 Å². The highest BCUT2D eigenvalue weighted by atomic mass is 16.6. The third-order valence-corrected chi connectivity index (χ3v) is 5.85. The van der Waals surface area contributed by atoms with Gasteiger partial charge in [-0.25, -0.2) is 0 Å². The minimum Gasteiger partial charge on any atom is -0.497 e. The van der Waals surface area contributed by atoms with Crippen LogP contribution in [0.1, 0.15) is 17.5 Å². The minimum atomic E-state index is -0.259. The quantitative estimate of drug-likeness (QED) is 0.867. The first-order chi connectivity index (χ1) is 11.2. The maximum absolute atomic E-state index is 6.40. The molecule has 1 N–H and O–H groups in total. The summed E-state index contributed by atoms with van der Waals surface area (Å²) in [7, 11) is 5.44. The second-order valence-electron chi connectivity index (χ2n) is 6.52. The summed E-state index contributed by atoms with van der Waals surface area (Å²) >= 11 is 0. The topological polar surface area (TPSA) is 39.7 Å². The highest BCUT2D eigenvalue weighted by Crippen LogP contribution is 2.60. The average Bonchev–Trinajstić information content (AvgIpc) is 2.96. The van der Waals surface area contributed by atoms with Crippen molar-refractivity contribution in [2.24, 2.45) is 5.92 Å². The molecule has 122 valence electrons. The van der Waals surface area contributed by atoms with Crippen molar-refractivity contribution in [3.8, 4) is 11.5 Å². The first-order valence-corrected chi connectivity index (χ1v) is 8.13. The van der Waals surface area contributed by atoms with Crippen LogP contribution in [0.25, 0.3) is 0 Å². The predicted molar refractivity (Wildman–Crippen MR) is 89.0 cm³/mol. The minimum absolute atomic E-state index is 0.162. The molecule has 0 aromatic heterocycles. The summed E-state index contributed by atoms with van der Waals surface area (Å²) in [5, 5.41) is 3.50. The van der Waals surface area contributed by atoms with Crippen LogP contribution in [0.5, 0.6) is 11.5 Å². The molecule has 1 aliphatic heterocycles. The molecular weight excluding hydrogens is 290 g/mol. The van der Waals surface area contributed by atoms with Crippen LogP contribution in [-0.4, -0.2) is 33.4 Å². The summed E-state index contributed by atoms with van der Waals surface area (Å²) in [5.74, 6) is 2.94. The van der Waals surface area contributed by atoms with E-state index < -0.39 is 0 Å². The molecule has 4 heteroatoms. The standard InChI is InChI=1S/C19H23NO3/c1-5-19-12-7-9-15(22-4)18(19)23-17-14(21-3)8-6-11(16(17)19)10-13(12)20-2/h5-6,8-9,12-13,18,20H,1,7,10H2,2-4H3/t12-,13+,18+,19+/m1/s1. The molecule has 1 heterocycles. The van der Waals surface area contributed by atoms with Gasteiger partial charge in [-0.2, -0.15) is 0 Å². The Morgan fingerprint density at radius 2 is 2.17 bits per heavy atom. The van der Waals surface area contributed by atoms with Gasteiger partial charge >= 0.3 is 0 Å². The van der Waals surface area contributed by atoms with Crippen molar-refractivity contribution in [1.29, 1.82) is 0 Å². The Bertz CT molecular complexity index is 696. The van der Waals surface area contributed by atoms with Crippen molar-refractivity contribution >= 4 is 0 Å². The molecule has 0 amide bonds. The van der Waals surface area contributed by atoms with Crippen molar-refractivity contribution in [2.45, 2.75) is 30.4 Å². The molecule has 0 fully saturated rings. The molecule has 0 unspecified atom stereocenters. The molecule has 3 aliphatic rings. The monoisotopic (exact) mass is 313 g/mol. The summed E-state index contributed by atoms with van der Waals surface area (Å²) in [4.78, 5) is 0. The second kappa shape index (κ2) is 5.03. The van der Waals surface area contributed by atoms with E-state index in [-0.39, 0.29) is 11.5 Å². The van der Waals surface area contributed by atoms with Crippen molar-refractivity contribution in [3.63, 3.8) is 0 Å². The van der Waals surface area contributed by atoms with Crippen LogP contribution in [0.2, 0.25) is 0 Å². The van der Waals surface area contributed by atoms with E-state index >= 15 is 0 Å².